The highest BCUT2D eigenvalue weighted by atomic mass is 19.2. The minimum absolute atomic E-state index is 0.145. The van der Waals surface area contributed by atoms with Crippen molar-refractivity contribution in [3.05, 3.63) is 35.4 Å². The molecular weight excluding hydrogens is 248 g/mol. The van der Waals surface area contributed by atoms with E-state index in [2.05, 4.69) is 5.32 Å². The molecule has 4 heteroatoms. The molecule has 0 amide bonds. The second-order valence-electron chi connectivity index (χ2n) is 5.87. The van der Waals surface area contributed by atoms with E-state index < -0.39 is 17.2 Å². The van der Waals surface area contributed by atoms with Gasteiger partial charge in [-0.25, -0.2) is 8.78 Å². The quantitative estimate of drug-likeness (QED) is 0.831. The summed E-state index contributed by atoms with van der Waals surface area (Å²) < 4.78 is 26.0. The van der Waals surface area contributed by atoms with Crippen molar-refractivity contribution in [2.75, 3.05) is 6.54 Å². The highest BCUT2D eigenvalue weighted by molar-refractivity contribution is 5.20. The van der Waals surface area contributed by atoms with Gasteiger partial charge < -0.3 is 10.4 Å². The molecule has 1 aromatic carbocycles. The largest absolute Gasteiger partial charge is 0.389 e. The molecule has 0 aliphatic rings. The molecule has 1 aromatic rings. The summed E-state index contributed by atoms with van der Waals surface area (Å²) >= 11 is 0. The van der Waals surface area contributed by atoms with Gasteiger partial charge in [-0.05, 0) is 43.9 Å². The van der Waals surface area contributed by atoms with Gasteiger partial charge in [-0.15, -0.1) is 0 Å². The Kier molecular flexibility index (Phi) is 5.44. The smallest absolute Gasteiger partial charge is 0.159 e. The number of hydrogen-bond donors (Lipinski definition) is 2. The van der Waals surface area contributed by atoms with Crippen LogP contribution in [0.4, 0.5) is 8.78 Å². The summed E-state index contributed by atoms with van der Waals surface area (Å²) in [5.74, 6) is -1.29. The molecule has 0 bridgehead atoms. The summed E-state index contributed by atoms with van der Waals surface area (Å²) in [5, 5.41) is 13.3. The molecule has 0 saturated carbocycles. The van der Waals surface area contributed by atoms with Crippen molar-refractivity contribution in [2.45, 2.75) is 45.8 Å². The Morgan fingerprint density at radius 1 is 1.21 bits per heavy atom. The molecule has 0 fully saturated rings. The molecule has 2 N–H and O–H groups in total. The van der Waals surface area contributed by atoms with Crippen LogP contribution < -0.4 is 5.32 Å². The van der Waals surface area contributed by atoms with Gasteiger partial charge in [0.25, 0.3) is 0 Å². The summed E-state index contributed by atoms with van der Waals surface area (Å²) in [7, 11) is 0. The Bertz CT molecular complexity index is 419. The lowest BCUT2D eigenvalue weighted by Gasteiger charge is -2.27. The van der Waals surface area contributed by atoms with E-state index in [0.29, 0.717) is 24.4 Å². The Hall–Kier alpha value is -1.00. The van der Waals surface area contributed by atoms with E-state index in [4.69, 9.17) is 0 Å². The lowest BCUT2D eigenvalue weighted by atomic mass is 9.94. The van der Waals surface area contributed by atoms with Gasteiger partial charge in [0.05, 0.1) is 5.60 Å². The van der Waals surface area contributed by atoms with Crippen molar-refractivity contribution in [1.82, 2.24) is 5.32 Å². The van der Waals surface area contributed by atoms with Crippen LogP contribution in [0.15, 0.2) is 18.2 Å². The standard InChI is InChI=1S/C15H23F2NO/c1-10(2)8-15(4,19)9-18-11(3)12-5-6-13(16)14(17)7-12/h5-7,10-11,18-19H,8-9H2,1-4H3. The van der Waals surface area contributed by atoms with Crippen LogP contribution in [0.3, 0.4) is 0 Å². The first-order valence-corrected chi connectivity index (χ1v) is 6.62. The molecule has 0 spiro atoms. The van der Waals surface area contributed by atoms with Crippen molar-refractivity contribution < 1.29 is 13.9 Å². The van der Waals surface area contributed by atoms with Crippen molar-refractivity contribution in [2.24, 2.45) is 5.92 Å². The zero-order valence-corrected chi connectivity index (χ0v) is 12.0. The maximum atomic E-state index is 13.1. The molecular formula is C15H23F2NO. The van der Waals surface area contributed by atoms with E-state index in [-0.39, 0.29) is 6.04 Å². The molecule has 0 heterocycles. The number of aliphatic hydroxyl groups is 1. The second-order valence-corrected chi connectivity index (χ2v) is 5.87. The number of halogens is 2. The first kappa shape index (κ1) is 16.1. The molecule has 2 atom stereocenters. The molecule has 19 heavy (non-hydrogen) atoms. The average molecular weight is 271 g/mol. The normalized spacial score (nSPS) is 16.4. The zero-order chi connectivity index (χ0) is 14.6. The van der Waals surface area contributed by atoms with Crippen LogP contribution in [0.5, 0.6) is 0 Å². The number of rotatable bonds is 6. The molecule has 108 valence electrons. The fourth-order valence-corrected chi connectivity index (χ4v) is 2.22. The minimum Gasteiger partial charge on any atom is -0.389 e. The topological polar surface area (TPSA) is 32.3 Å². The Labute approximate surface area is 113 Å². The van der Waals surface area contributed by atoms with Crippen LogP contribution in [0.1, 0.15) is 45.7 Å². The fourth-order valence-electron chi connectivity index (χ4n) is 2.22. The molecule has 2 unspecified atom stereocenters. The molecule has 0 aromatic heterocycles. The highest BCUT2D eigenvalue weighted by Crippen LogP contribution is 2.19. The van der Waals surface area contributed by atoms with Crippen LogP contribution in [0.2, 0.25) is 0 Å². The number of benzene rings is 1. The SMILES string of the molecule is CC(C)CC(C)(O)CNC(C)c1ccc(F)c(F)c1. The fraction of sp³-hybridized carbons (Fsp3) is 0.600. The van der Waals surface area contributed by atoms with Gasteiger partial charge in [0.15, 0.2) is 11.6 Å². The molecule has 0 saturated heterocycles. The summed E-state index contributed by atoms with van der Waals surface area (Å²) in [4.78, 5) is 0. The molecule has 0 radical (unpaired) electrons. The van der Waals surface area contributed by atoms with E-state index in [1.54, 1.807) is 13.0 Å². The van der Waals surface area contributed by atoms with Gasteiger partial charge in [-0.3, -0.25) is 0 Å². The highest BCUT2D eigenvalue weighted by Gasteiger charge is 2.22. The maximum Gasteiger partial charge on any atom is 0.159 e. The molecule has 0 aliphatic heterocycles. The van der Waals surface area contributed by atoms with E-state index in [1.165, 1.54) is 6.07 Å². The minimum atomic E-state index is -0.847. The number of hydrogen-bond acceptors (Lipinski definition) is 2. The second kappa shape index (κ2) is 6.44. The third-order valence-corrected chi connectivity index (χ3v) is 3.08. The van der Waals surface area contributed by atoms with E-state index in [9.17, 15) is 13.9 Å². The number of nitrogens with one attached hydrogen (secondary N) is 1. The average Bonchev–Trinajstić information content (AvgIpc) is 2.28. The Balaban J connectivity index is 2.59. The molecule has 0 aliphatic carbocycles. The van der Waals surface area contributed by atoms with Crippen LogP contribution in [0, 0.1) is 17.6 Å². The van der Waals surface area contributed by atoms with E-state index in [1.807, 2.05) is 20.8 Å². The van der Waals surface area contributed by atoms with Crippen LogP contribution in [-0.2, 0) is 0 Å². The van der Waals surface area contributed by atoms with Gasteiger partial charge in [0.1, 0.15) is 0 Å². The lowest BCUT2D eigenvalue weighted by Crippen LogP contribution is -2.39. The van der Waals surface area contributed by atoms with Crippen molar-refractivity contribution in [3.63, 3.8) is 0 Å². The van der Waals surface area contributed by atoms with E-state index in [0.717, 1.165) is 6.07 Å². The van der Waals surface area contributed by atoms with Crippen molar-refractivity contribution in [1.29, 1.82) is 0 Å². The van der Waals surface area contributed by atoms with Gasteiger partial charge in [-0.1, -0.05) is 19.9 Å². The van der Waals surface area contributed by atoms with Gasteiger partial charge >= 0.3 is 0 Å². The van der Waals surface area contributed by atoms with E-state index >= 15 is 0 Å². The Morgan fingerprint density at radius 2 is 1.84 bits per heavy atom. The van der Waals surface area contributed by atoms with Gasteiger partial charge in [0, 0.05) is 12.6 Å². The predicted octanol–water partition coefficient (Wildman–Crippen LogP) is 3.41. The predicted molar refractivity (Wildman–Crippen MR) is 72.9 cm³/mol. The first-order chi connectivity index (χ1) is 8.71. The van der Waals surface area contributed by atoms with Crippen LogP contribution >= 0.6 is 0 Å². The third-order valence-electron chi connectivity index (χ3n) is 3.08. The summed E-state index contributed by atoms with van der Waals surface area (Å²) in [5.41, 5.74) is -0.139. The summed E-state index contributed by atoms with van der Waals surface area (Å²) in [6.07, 6.45) is 0.685. The van der Waals surface area contributed by atoms with Crippen LogP contribution in [0.25, 0.3) is 0 Å². The Morgan fingerprint density at radius 3 is 2.37 bits per heavy atom. The summed E-state index contributed by atoms with van der Waals surface area (Å²) in [6.45, 7) is 8.14. The van der Waals surface area contributed by atoms with Crippen molar-refractivity contribution >= 4 is 0 Å². The lowest BCUT2D eigenvalue weighted by molar-refractivity contribution is 0.0363. The van der Waals surface area contributed by atoms with Crippen LogP contribution in [-0.4, -0.2) is 17.3 Å². The zero-order valence-electron chi connectivity index (χ0n) is 12.0. The van der Waals surface area contributed by atoms with Gasteiger partial charge in [-0.2, -0.15) is 0 Å². The molecule has 2 nitrogen and oxygen atoms in total. The monoisotopic (exact) mass is 271 g/mol. The first-order valence-electron chi connectivity index (χ1n) is 6.62. The molecule has 1 rings (SSSR count). The third kappa shape index (κ3) is 5.25. The maximum absolute atomic E-state index is 13.1. The van der Waals surface area contributed by atoms with Crippen molar-refractivity contribution in [3.8, 4) is 0 Å². The summed E-state index contributed by atoms with van der Waals surface area (Å²) in [6, 6.07) is 3.71. The van der Waals surface area contributed by atoms with Gasteiger partial charge in [0.2, 0.25) is 0 Å².